The SMILES string of the molecule is Cc1noc(C)c1S(=O)(=O)N1CCCN(CCBr)CC1. The zero-order chi connectivity index (χ0) is 14.8. The summed E-state index contributed by atoms with van der Waals surface area (Å²) in [5, 5.41) is 4.65. The minimum Gasteiger partial charge on any atom is -0.360 e. The first kappa shape index (κ1) is 15.9. The summed E-state index contributed by atoms with van der Waals surface area (Å²) in [6.45, 7) is 7.00. The molecule has 0 aromatic carbocycles. The van der Waals surface area contributed by atoms with Gasteiger partial charge in [-0.3, -0.25) is 0 Å². The van der Waals surface area contributed by atoms with Crippen molar-refractivity contribution in [3.05, 3.63) is 11.5 Å². The first-order valence-corrected chi connectivity index (χ1v) is 9.24. The van der Waals surface area contributed by atoms with Crippen molar-refractivity contribution >= 4 is 26.0 Å². The predicted octanol–water partition coefficient (Wildman–Crippen LogP) is 1.38. The van der Waals surface area contributed by atoms with Gasteiger partial charge in [-0.15, -0.1) is 0 Å². The Bertz CT molecular complexity index is 539. The largest absolute Gasteiger partial charge is 0.360 e. The van der Waals surface area contributed by atoms with Crippen LogP contribution in [0.1, 0.15) is 17.9 Å². The fourth-order valence-electron chi connectivity index (χ4n) is 2.50. The van der Waals surface area contributed by atoms with E-state index in [2.05, 4.69) is 26.0 Å². The average Bonchev–Trinajstić information content (AvgIpc) is 2.62. The summed E-state index contributed by atoms with van der Waals surface area (Å²) in [5.74, 6) is 0.365. The molecule has 2 rings (SSSR count). The van der Waals surface area contributed by atoms with Crippen LogP contribution in [0.4, 0.5) is 0 Å². The normalized spacial score (nSPS) is 19.1. The molecule has 0 N–H and O–H groups in total. The monoisotopic (exact) mass is 365 g/mol. The van der Waals surface area contributed by atoms with E-state index in [-0.39, 0.29) is 4.90 Å². The zero-order valence-corrected chi connectivity index (χ0v) is 14.2. The number of hydrogen-bond acceptors (Lipinski definition) is 5. The quantitative estimate of drug-likeness (QED) is 0.754. The van der Waals surface area contributed by atoms with Crippen LogP contribution in [-0.4, -0.2) is 60.8 Å². The van der Waals surface area contributed by atoms with Crippen molar-refractivity contribution in [1.82, 2.24) is 14.4 Å². The van der Waals surface area contributed by atoms with E-state index in [0.29, 0.717) is 24.5 Å². The second-order valence-electron chi connectivity index (χ2n) is 4.94. The van der Waals surface area contributed by atoms with Crippen LogP contribution in [0.2, 0.25) is 0 Å². The number of rotatable bonds is 4. The van der Waals surface area contributed by atoms with E-state index >= 15 is 0 Å². The van der Waals surface area contributed by atoms with Crippen LogP contribution in [0.3, 0.4) is 0 Å². The third-order valence-corrected chi connectivity index (χ3v) is 6.01. The third-order valence-electron chi connectivity index (χ3n) is 3.51. The van der Waals surface area contributed by atoms with Gasteiger partial charge < -0.3 is 9.42 Å². The summed E-state index contributed by atoms with van der Waals surface area (Å²) in [7, 11) is -3.50. The number of nitrogens with zero attached hydrogens (tertiary/aromatic N) is 3. The number of sulfonamides is 1. The summed E-state index contributed by atoms with van der Waals surface area (Å²) in [5.41, 5.74) is 0.434. The maximum absolute atomic E-state index is 12.7. The summed E-state index contributed by atoms with van der Waals surface area (Å²) < 4.78 is 32.0. The van der Waals surface area contributed by atoms with Gasteiger partial charge in [0.05, 0.1) is 0 Å². The van der Waals surface area contributed by atoms with Crippen molar-refractivity contribution in [3.63, 3.8) is 0 Å². The summed E-state index contributed by atoms with van der Waals surface area (Å²) >= 11 is 3.42. The van der Waals surface area contributed by atoms with E-state index in [1.807, 2.05) is 0 Å². The molecule has 0 amide bonds. The lowest BCUT2D eigenvalue weighted by atomic mass is 10.4. The van der Waals surface area contributed by atoms with Gasteiger partial charge in [0.2, 0.25) is 10.0 Å². The number of hydrogen-bond donors (Lipinski definition) is 0. The second-order valence-corrected chi connectivity index (χ2v) is 7.61. The number of aromatic nitrogens is 1. The number of alkyl halides is 1. The van der Waals surface area contributed by atoms with E-state index in [1.54, 1.807) is 18.2 Å². The highest BCUT2D eigenvalue weighted by Crippen LogP contribution is 2.24. The smallest absolute Gasteiger partial charge is 0.248 e. The Balaban J connectivity index is 2.18. The molecule has 114 valence electrons. The van der Waals surface area contributed by atoms with E-state index in [4.69, 9.17) is 4.52 Å². The minimum atomic E-state index is -3.50. The molecule has 8 heteroatoms. The molecule has 2 heterocycles. The van der Waals surface area contributed by atoms with Gasteiger partial charge in [0, 0.05) is 31.5 Å². The van der Waals surface area contributed by atoms with Gasteiger partial charge in [-0.05, 0) is 26.8 Å². The standard InChI is InChI=1S/C12H20BrN3O3S/c1-10-12(11(2)19-14-10)20(17,18)16-6-3-5-15(7-4-13)8-9-16/h3-9H2,1-2H3. The zero-order valence-electron chi connectivity index (χ0n) is 11.8. The molecule has 1 saturated heterocycles. The molecule has 20 heavy (non-hydrogen) atoms. The van der Waals surface area contributed by atoms with Crippen LogP contribution in [0.15, 0.2) is 9.42 Å². The molecule has 0 radical (unpaired) electrons. The van der Waals surface area contributed by atoms with Crippen LogP contribution in [-0.2, 0) is 10.0 Å². The van der Waals surface area contributed by atoms with Crippen LogP contribution in [0.5, 0.6) is 0 Å². The molecule has 1 aromatic rings. The Labute approximate surface area is 128 Å². The van der Waals surface area contributed by atoms with E-state index in [1.165, 1.54) is 0 Å². The van der Waals surface area contributed by atoms with Gasteiger partial charge in [-0.25, -0.2) is 8.42 Å². The molecule has 0 unspecified atom stereocenters. The summed E-state index contributed by atoms with van der Waals surface area (Å²) in [6, 6.07) is 0. The fraction of sp³-hybridized carbons (Fsp3) is 0.750. The topological polar surface area (TPSA) is 66.7 Å². The molecule has 0 atom stereocenters. The Morgan fingerprint density at radius 2 is 2.00 bits per heavy atom. The van der Waals surface area contributed by atoms with Gasteiger partial charge in [0.15, 0.2) is 5.76 Å². The Morgan fingerprint density at radius 3 is 2.60 bits per heavy atom. The Hall–Kier alpha value is -0.440. The Kier molecular flexibility index (Phi) is 5.22. The highest BCUT2D eigenvalue weighted by atomic mass is 79.9. The van der Waals surface area contributed by atoms with E-state index < -0.39 is 10.0 Å². The fourth-order valence-corrected chi connectivity index (χ4v) is 4.77. The van der Waals surface area contributed by atoms with Crippen LogP contribution < -0.4 is 0 Å². The molecule has 1 aromatic heterocycles. The number of aryl methyl sites for hydroxylation is 2. The lowest BCUT2D eigenvalue weighted by Gasteiger charge is -2.21. The van der Waals surface area contributed by atoms with Gasteiger partial charge in [0.1, 0.15) is 10.6 Å². The van der Waals surface area contributed by atoms with E-state index in [9.17, 15) is 8.42 Å². The predicted molar refractivity (Wildman–Crippen MR) is 79.6 cm³/mol. The van der Waals surface area contributed by atoms with Crippen molar-refractivity contribution in [2.24, 2.45) is 0 Å². The Morgan fingerprint density at radius 1 is 1.25 bits per heavy atom. The average molecular weight is 366 g/mol. The highest BCUT2D eigenvalue weighted by molar-refractivity contribution is 9.09. The molecule has 0 bridgehead atoms. The van der Waals surface area contributed by atoms with Crippen molar-refractivity contribution in [1.29, 1.82) is 0 Å². The van der Waals surface area contributed by atoms with Crippen molar-refractivity contribution < 1.29 is 12.9 Å². The molecule has 1 aliphatic rings. The maximum Gasteiger partial charge on any atom is 0.248 e. The first-order chi connectivity index (χ1) is 9.46. The molecular weight excluding hydrogens is 346 g/mol. The molecule has 1 aliphatic heterocycles. The van der Waals surface area contributed by atoms with Crippen molar-refractivity contribution in [2.45, 2.75) is 25.2 Å². The molecule has 0 spiro atoms. The van der Waals surface area contributed by atoms with Crippen molar-refractivity contribution in [3.8, 4) is 0 Å². The van der Waals surface area contributed by atoms with Gasteiger partial charge in [-0.1, -0.05) is 21.1 Å². The highest BCUT2D eigenvalue weighted by Gasteiger charge is 2.31. The van der Waals surface area contributed by atoms with Gasteiger partial charge in [0.25, 0.3) is 0 Å². The molecular formula is C12H20BrN3O3S. The first-order valence-electron chi connectivity index (χ1n) is 6.68. The molecule has 6 nitrogen and oxygen atoms in total. The minimum absolute atomic E-state index is 0.228. The summed E-state index contributed by atoms with van der Waals surface area (Å²) in [6.07, 6.45) is 0.843. The lowest BCUT2D eigenvalue weighted by Crippen LogP contribution is -2.36. The second kappa shape index (κ2) is 6.55. The van der Waals surface area contributed by atoms with Gasteiger partial charge in [-0.2, -0.15) is 4.31 Å². The lowest BCUT2D eigenvalue weighted by molar-refractivity contribution is 0.305. The maximum atomic E-state index is 12.7. The van der Waals surface area contributed by atoms with Crippen LogP contribution in [0.25, 0.3) is 0 Å². The molecule has 1 fully saturated rings. The van der Waals surface area contributed by atoms with Crippen molar-refractivity contribution in [2.75, 3.05) is 38.1 Å². The summed E-state index contributed by atoms with van der Waals surface area (Å²) in [4.78, 5) is 2.50. The molecule has 0 saturated carbocycles. The van der Waals surface area contributed by atoms with Crippen LogP contribution in [0, 0.1) is 13.8 Å². The van der Waals surface area contributed by atoms with Crippen LogP contribution >= 0.6 is 15.9 Å². The number of halogens is 1. The van der Waals surface area contributed by atoms with E-state index in [0.717, 1.165) is 31.4 Å². The molecule has 0 aliphatic carbocycles. The van der Waals surface area contributed by atoms with Gasteiger partial charge >= 0.3 is 0 Å². The third kappa shape index (κ3) is 3.24.